The summed E-state index contributed by atoms with van der Waals surface area (Å²) in [6, 6.07) is 0. The monoisotopic (exact) mass is 307 g/mol. The molecule has 2 fully saturated rings. The Morgan fingerprint density at radius 3 is 2.48 bits per heavy atom. The number of hydrogen-bond acceptors (Lipinski definition) is 4. The largest absolute Gasteiger partial charge is 0.329 e. The molecule has 1 unspecified atom stereocenters. The molecule has 0 aromatic carbocycles. The van der Waals surface area contributed by atoms with Gasteiger partial charge in [-0.2, -0.15) is 11.8 Å². The van der Waals surface area contributed by atoms with E-state index in [4.69, 9.17) is 5.73 Å². The molecule has 1 atom stereocenters. The van der Waals surface area contributed by atoms with Gasteiger partial charge in [-0.1, -0.05) is 24.3 Å². The van der Waals surface area contributed by atoms with Crippen molar-refractivity contribution in [3.8, 4) is 0 Å². The van der Waals surface area contributed by atoms with Gasteiger partial charge in [-0.05, 0) is 36.7 Å². The number of nitrogens with two attached hydrogens (primary N) is 1. The third kappa shape index (κ3) is 3.73. The minimum atomic E-state index is 0.310. The molecule has 3 rings (SSSR count). The van der Waals surface area contributed by atoms with Crippen molar-refractivity contribution in [3.05, 3.63) is 24.3 Å². The average molecular weight is 308 g/mol. The average Bonchev–Trinajstić information content (AvgIpc) is 2.57. The van der Waals surface area contributed by atoms with Gasteiger partial charge in [-0.15, -0.1) is 0 Å². The van der Waals surface area contributed by atoms with Crippen molar-refractivity contribution in [1.82, 2.24) is 9.80 Å². The van der Waals surface area contributed by atoms with E-state index in [1.165, 1.54) is 63.5 Å². The van der Waals surface area contributed by atoms with Crippen LogP contribution >= 0.6 is 11.8 Å². The predicted molar refractivity (Wildman–Crippen MR) is 92.7 cm³/mol. The van der Waals surface area contributed by atoms with Gasteiger partial charge in [0.25, 0.3) is 0 Å². The Morgan fingerprint density at radius 2 is 1.86 bits per heavy atom. The molecule has 118 valence electrons. The Bertz CT molecular complexity index is 379. The van der Waals surface area contributed by atoms with Crippen molar-refractivity contribution in [2.24, 2.45) is 11.7 Å². The highest BCUT2D eigenvalue weighted by Gasteiger charge is 2.38. The van der Waals surface area contributed by atoms with Gasteiger partial charge < -0.3 is 10.6 Å². The third-order valence-electron chi connectivity index (χ3n) is 5.41. The van der Waals surface area contributed by atoms with Crippen LogP contribution in [0.4, 0.5) is 0 Å². The molecule has 0 bridgehead atoms. The van der Waals surface area contributed by atoms with Crippen LogP contribution in [-0.4, -0.2) is 66.1 Å². The van der Waals surface area contributed by atoms with E-state index >= 15 is 0 Å². The summed E-state index contributed by atoms with van der Waals surface area (Å²) in [6.07, 6.45) is 12.8. The number of hydrogen-bond donors (Lipinski definition) is 1. The second-order valence-corrected chi connectivity index (χ2v) is 7.86. The van der Waals surface area contributed by atoms with Crippen molar-refractivity contribution in [2.75, 3.05) is 50.8 Å². The number of thioether (sulfide) groups is 1. The molecule has 21 heavy (non-hydrogen) atoms. The van der Waals surface area contributed by atoms with Crippen LogP contribution in [0.25, 0.3) is 0 Å². The lowest BCUT2D eigenvalue weighted by atomic mass is 9.89. The standard InChI is InChI=1S/C17H29N3S/c18-15-17(6-12-21-13-7-17)20-10-8-19(9-11-20)14-16-4-2-1-3-5-16/h1-4,16H,5-15,18H2. The smallest absolute Gasteiger partial charge is 0.0348 e. The topological polar surface area (TPSA) is 32.5 Å². The predicted octanol–water partition coefficient (Wildman–Crippen LogP) is 1.96. The van der Waals surface area contributed by atoms with Gasteiger partial charge in [0, 0.05) is 44.8 Å². The Morgan fingerprint density at radius 1 is 1.10 bits per heavy atom. The molecule has 1 aliphatic carbocycles. The molecule has 4 heteroatoms. The van der Waals surface area contributed by atoms with Gasteiger partial charge >= 0.3 is 0 Å². The van der Waals surface area contributed by atoms with Crippen LogP contribution in [0.2, 0.25) is 0 Å². The summed E-state index contributed by atoms with van der Waals surface area (Å²) in [7, 11) is 0. The minimum Gasteiger partial charge on any atom is -0.329 e. The van der Waals surface area contributed by atoms with E-state index in [2.05, 4.69) is 45.9 Å². The van der Waals surface area contributed by atoms with E-state index < -0.39 is 0 Å². The van der Waals surface area contributed by atoms with Gasteiger partial charge in [0.15, 0.2) is 0 Å². The summed E-state index contributed by atoms with van der Waals surface area (Å²) >= 11 is 2.09. The lowest BCUT2D eigenvalue weighted by molar-refractivity contribution is 0.0277. The highest BCUT2D eigenvalue weighted by molar-refractivity contribution is 7.99. The Hall–Kier alpha value is -0.290. The molecule has 0 saturated carbocycles. The van der Waals surface area contributed by atoms with E-state index in [0.29, 0.717) is 5.54 Å². The van der Waals surface area contributed by atoms with E-state index in [-0.39, 0.29) is 0 Å². The molecule has 2 aliphatic heterocycles. The zero-order chi connectivity index (χ0) is 14.5. The van der Waals surface area contributed by atoms with Gasteiger partial charge in [-0.3, -0.25) is 4.90 Å². The van der Waals surface area contributed by atoms with Crippen molar-refractivity contribution < 1.29 is 0 Å². The molecule has 0 radical (unpaired) electrons. The molecule has 2 heterocycles. The third-order valence-corrected chi connectivity index (χ3v) is 6.39. The van der Waals surface area contributed by atoms with Crippen molar-refractivity contribution in [3.63, 3.8) is 0 Å². The van der Waals surface area contributed by atoms with Crippen LogP contribution in [-0.2, 0) is 0 Å². The quantitative estimate of drug-likeness (QED) is 0.860. The lowest BCUT2D eigenvalue weighted by Crippen LogP contribution is -2.61. The Labute approximate surface area is 133 Å². The first-order valence-corrected chi connectivity index (χ1v) is 9.56. The van der Waals surface area contributed by atoms with E-state index in [0.717, 1.165) is 12.5 Å². The Balaban J connectivity index is 1.50. The summed E-state index contributed by atoms with van der Waals surface area (Å²) in [6.45, 7) is 6.89. The molecule has 2 N–H and O–H groups in total. The number of piperazine rings is 1. The van der Waals surface area contributed by atoms with Crippen molar-refractivity contribution in [1.29, 1.82) is 0 Å². The highest BCUT2D eigenvalue weighted by Crippen LogP contribution is 2.32. The van der Waals surface area contributed by atoms with Crippen LogP contribution in [0.1, 0.15) is 19.3 Å². The lowest BCUT2D eigenvalue weighted by Gasteiger charge is -2.49. The maximum absolute atomic E-state index is 6.17. The number of nitrogens with zero attached hydrogens (tertiary/aromatic N) is 2. The first kappa shape index (κ1) is 15.6. The molecular weight excluding hydrogens is 278 g/mol. The maximum Gasteiger partial charge on any atom is 0.0348 e. The minimum absolute atomic E-state index is 0.310. The summed E-state index contributed by atoms with van der Waals surface area (Å²) in [5.41, 5.74) is 6.48. The zero-order valence-electron chi connectivity index (χ0n) is 13.0. The highest BCUT2D eigenvalue weighted by atomic mass is 32.2. The van der Waals surface area contributed by atoms with E-state index in [1.807, 2.05) is 0 Å². The molecule has 0 aromatic heterocycles. The SMILES string of the molecule is NCC1(N2CCN(CC3C=CC=CC3)CC2)CCSCC1. The number of allylic oxidation sites excluding steroid dienone is 3. The molecule has 3 nitrogen and oxygen atoms in total. The van der Waals surface area contributed by atoms with Gasteiger partial charge in [0.05, 0.1) is 0 Å². The summed E-state index contributed by atoms with van der Waals surface area (Å²) in [5.74, 6) is 3.30. The van der Waals surface area contributed by atoms with Crippen LogP contribution in [0, 0.1) is 5.92 Å². The maximum atomic E-state index is 6.17. The Kier molecular flexibility index (Phi) is 5.43. The molecule has 0 amide bonds. The normalized spacial score (nSPS) is 30.6. The number of rotatable bonds is 4. The first-order chi connectivity index (χ1) is 10.3. The second kappa shape index (κ2) is 7.32. The van der Waals surface area contributed by atoms with E-state index in [9.17, 15) is 0 Å². The second-order valence-electron chi connectivity index (χ2n) is 6.64. The van der Waals surface area contributed by atoms with Crippen molar-refractivity contribution in [2.45, 2.75) is 24.8 Å². The summed E-state index contributed by atoms with van der Waals surface area (Å²) in [5, 5.41) is 0. The van der Waals surface area contributed by atoms with Crippen LogP contribution in [0.5, 0.6) is 0 Å². The van der Waals surface area contributed by atoms with Crippen molar-refractivity contribution >= 4 is 11.8 Å². The van der Waals surface area contributed by atoms with Crippen LogP contribution in [0.3, 0.4) is 0 Å². The van der Waals surface area contributed by atoms with Gasteiger partial charge in [0.1, 0.15) is 0 Å². The van der Waals surface area contributed by atoms with Gasteiger partial charge in [-0.25, -0.2) is 0 Å². The fourth-order valence-corrected chi connectivity index (χ4v) is 5.16. The molecular formula is C17H29N3S. The fraction of sp³-hybridized carbons (Fsp3) is 0.765. The fourth-order valence-electron chi connectivity index (χ4n) is 3.90. The van der Waals surface area contributed by atoms with Gasteiger partial charge in [0.2, 0.25) is 0 Å². The molecule has 3 aliphatic rings. The van der Waals surface area contributed by atoms with Crippen LogP contribution in [0.15, 0.2) is 24.3 Å². The summed E-state index contributed by atoms with van der Waals surface area (Å²) in [4.78, 5) is 5.35. The van der Waals surface area contributed by atoms with E-state index in [1.54, 1.807) is 0 Å². The molecule has 2 saturated heterocycles. The zero-order valence-corrected chi connectivity index (χ0v) is 13.9. The molecule has 0 aromatic rings. The first-order valence-electron chi connectivity index (χ1n) is 8.41. The molecule has 0 spiro atoms. The summed E-state index contributed by atoms with van der Waals surface area (Å²) < 4.78 is 0. The van der Waals surface area contributed by atoms with Crippen LogP contribution < -0.4 is 5.73 Å².